The zero-order valence-corrected chi connectivity index (χ0v) is 17.5. The van der Waals surface area contributed by atoms with Crippen molar-refractivity contribution >= 4 is 17.8 Å². The second kappa shape index (κ2) is 10.3. The predicted octanol–water partition coefficient (Wildman–Crippen LogP) is 1.81. The highest BCUT2D eigenvalue weighted by atomic mass is 16.5. The van der Waals surface area contributed by atoms with Crippen LogP contribution >= 0.6 is 0 Å². The van der Waals surface area contributed by atoms with Crippen LogP contribution in [0.2, 0.25) is 0 Å². The number of fused-ring (bicyclic) bond motifs is 1. The van der Waals surface area contributed by atoms with Gasteiger partial charge in [-0.1, -0.05) is 24.3 Å². The number of nitrogens with one attached hydrogen (secondary N) is 1. The predicted molar refractivity (Wildman–Crippen MR) is 112 cm³/mol. The fourth-order valence-corrected chi connectivity index (χ4v) is 3.96. The Labute approximate surface area is 173 Å². The van der Waals surface area contributed by atoms with E-state index in [9.17, 15) is 9.59 Å². The summed E-state index contributed by atoms with van der Waals surface area (Å²) in [5.74, 6) is 0.663. The average Bonchev–Trinajstić information content (AvgIpc) is 2.76. The summed E-state index contributed by atoms with van der Waals surface area (Å²) in [5.41, 5.74) is 2.56. The summed E-state index contributed by atoms with van der Waals surface area (Å²) in [5, 5.41) is 3.28. The Morgan fingerprint density at radius 3 is 2.52 bits per heavy atom. The van der Waals surface area contributed by atoms with Crippen LogP contribution in [0.1, 0.15) is 37.8 Å². The van der Waals surface area contributed by atoms with Crippen LogP contribution in [-0.4, -0.2) is 67.0 Å². The number of likely N-dealkylation sites (tertiary alicyclic amines) is 1. The zero-order valence-electron chi connectivity index (χ0n) is 17.5. The SMILES string of the molecule is CCNC(=NCC(=O)N1CCc2ccccc2C1)N1CCC(C(=O)OCC)CC1. The van der Waals surface area contributed by atoms with Gasteiger partial charge in [0.15, 0.2) is 5.96 Å². The van der Waals surface area contributed by atoms with E-state index in [1.165, 1.54) is 11.1 Å². The minimum absolute atomic E-state index is 0.0378. The maximum absolute atomic E-state index is 12.7. The summed E-state index contributed by atoms with van der Waals surface area (Å²) < 4.78 is 5.14. The number of hydrogen-bond donors (Lipinski definition) is 1. The van der Waals surface area contributed by atoms with Crippen LogP contribution in [0, 0.1) is 5.92 Å². The first-order valence-electron chi connectivity index (χ1n) is 10.7. The van der Waals surface area contributed by atoms with E-state index in [4.69, 9.17) is 4.74 Å². The molecule has 7 nitrogen and oxygen atoms in total. The van der Waals surface area contributed by atoms with Crippen molar-refractivity contribution < 1.29 is 14.3 Å². The third-order valence-electron chi connectivity index (χ3n) is 5.60. The number of aliphatic imine (C=N–C) groups is 1. The van der Waals surface area contributed by atoms with Gasteiger partial charge in [0, 0.05) is 32.7 Å². The van der Waals surface area contributed by atoms with Crippen LogP contribution in [0.3, 0.4) is 0 Å². The van der Waals surface area contributed by atoms with Crippen LogP contribution in [-0.2, 0) is 27.3 Å². The smallest absolute Gasteiger partial charge is 0.309 e. The lowest BCUT2D eigenvalue weighted by Crippen LogP contribution is -2.47. The molecule has 1 amide bonds. The normalized spacial score (nSPS) is 17.7. The largest absolute Gasteiger partial charge is 0.466 e. The molecule has 29 heavy (non-hydrogen) atoms. The summed E-state index contributed by atoms with van der Waals surface area (Å²) >= 11 is 0. The first-order chi connectivity index (χ1) is 14.1. The van der Waals surface area contributed by atoms with Crippen molar-refractivity contribution in [3.8, 4) is 0 Å². The van der Waals surface area contributed by atoms with E-state index in [0.717, 1.165) is 51.4 Å². The Morgan fingerprint density at radius 1 is 1.10 bits per heavy atom. The molecule has 0 unspecified atom stereocenters. The number of amides is 1. The number of guanidine groups is 1. The lowest BCUT2D eigenvalue weighted by Gasteiger charge is -2.33. The summed E-state index contributed by atoms with van der Waals surface area (Å²) in [4.78, 5) is 33.3. The topological polar surface area (TPSA) is 74.2 Å². The Balaban J connectivity index is 1.56. The van der Waals surface area contributed by atoms with E-state index >= 15 is 0 Å². The Kier molecular flexibility index (Phi) is 7.49. The minimum Gasteiger partial charge on any atom is -0.466 e. The second-order valence-electron chi connectivity index (χ2n) is 7.52. The quantitative estimate of drug-likeness (QED) is 0.464. The standard InChI is InChI=1S/C22H32N4O3/c1-3-23-22(25-12-10-18(11-13-25)21(28)29-4-2)24-15-20(27)26-14-9-17-7-5-6-8-19(17)16-26/h5-8,18H,3-4,9-16H2,1-2H3,(H,23,24). The highest BCUT2D eigenvalue weighted by Gasteiger charge is 2.27. The lowest BCUT2D eigenvalue weighted by molar-refractivity contribution is -0.149. The number of benzene rings is 1. The monoisotopic (exact) mass is 400 g/mol. The van der Waals surface area contributed by atoms with Gasteiger partial charge in [-0.2, -0.15) is 0 Å². The van der Waals surface area contributed by atoms with Crippen molar-refractivity contribution in [1.82, 2.24) is 15.1 Å². The molecular formula is C22H32N4O3. The van der Waals surface area contributed by atoms with Crippen LogP contribution in [0.4, 0.5) is 0 Å². The highest BCUT2D eigenvalue weighted by molar-refractivity contribution is 5.85. The van der Waals surface area contributed by atoms with Gasteiger partial charge in [-0.3, -0.25) is 9.59 Å². The van der Waals surface area contributed by atoms with Gasteiger partial charge in [0.25, 0.3) is 0 Å². The van der Waals surface area contributed by atoms with Gasteiger partial charge < -0.3 is 19.9 Å². The molecule has 2 aliphatic heterocycles. The van der Waals surface area contributed by atoms with Crippen LogP contribution in [0.5, 0.6) is 0 Å². The minimum atomic E-state index is -0.102. The molecule has 1 saturated heterocycles. The first kappa shape index (κ1) is 21.1. The van der Waals surface area contributed by atoms with Crippen molar-refractivity contribution in [2.45, 2.75) is 39.7 Å². The fraction of sp³-hybridized carbons (Fsp3) is 0.591. The van der Waals surface area contributed by atoms with Crippen LogP contribution in [0.15, 0.2) is 29.3 Å². The number of esters is 1. The Bertz CT molecular complexity index is 741. The molecule has 1 aromatic rings. The maximum Gasteiger partial charge on any atom is 0.309 e. The molecule has 158 valence electrons. The summed E-state index contributed by atoms with van der Waals surface area (Å²) in [6.45, 7) is 8.03. The molecule has 0 saturated carbocycles. The van der Waals surface area contributed by atoms with E-state index in [2.05, 4.69) is 33.4 Å². The lowest BCUT2D eigenvalue weighted by atomic mass is 9.97. The average molecular weight is 401 g/mol. The molecule has 0 radical (unpaired) electrons. The van der Waals surface area contributed by atoms with Gasteiger partial charge >= 0.3 is 5.97 Å². The number of piperidine rings is 1. The molecule has 2 heterocycles. The van der Waals surface area contributed by atoms with Crippen molar-refractivity contribution in [2.24, 2.45) is 10.9 Å². The number of nitrogens with zero attached hydrogens (tertiary/aromatic N) is 3. The number of hydrogen-bond acceptors (Lipinski definition) is 4. The van der Waals surface area contributed by atoms with Gasteiger partial charge in [-0.15, -0.1) is 0 Å². The molecule has 0 atom stereocenters. The zero-order chi connectivity index (χ0) is 20.6. The van der Waals surface area contributed by atoms with Gasteiger partial charge in [-0.05, 0) is 44.2 Å². The number of rotatable bonds is 5. The van der Waals surface area contributed by atoms with E-state index in [1.54, 1.807) is 0 Å². The van der Waals surface area contributed by atoms with Gasteiger partial charge in [0.2, 0.25) is 5.91 Å². The maximum atomic E-state index is 12.7. The molecule has 0 aliphatic carbocycles. The van der Waals surface area contributed by atoms with Crippen molar-refractivity contribution in [3.63, 3.8) is 0 Å². The third-order valence-corrected chi connectivity index (χ3v) is 5.60. The summed E-state index contributed by atoms with van der Waals surface area (Å²) in [6, 6.07) is 8.30. The van der Waals surface area contributed by atoms with Gasteiger partial charge in [-0.25, -0.2) is 4.99 Å². The molecule has 1 fully saturated rings. The molecule has 0 bridgehead atoms. The second-order valence-corrected chi connectivity index (χ2v) is 7.52. The molecule has 0 aromatic heterocycles. The van der Waals surface area contributed by atoms with Crippen molar-refractivity contribution in [3.05, 3.63) is 35.4 Å². The summed E-state index contributed by atoms with van der Waals surface area (Å²) in [6.07, 6.45) is 2.40. The molecule has 7 heteroatoms. The van der Waals surface area contributed by atoms with Crippen LogP contribution < -0.4 is 5.32 Å². The Morgan fingerprint density at radius 2 is 1.83 bits per heavy atom. The van der Waals surface area contributed by atoms with E-state index in [0.29, 0.717) is 13.2 Å². The summed E-state index contributed by atoms with van der Waals surface area (Å²) in [7, 11) is 0. The molecule has 0 spiro atoms. The van der Waals surface area contributed by atoms with Crippen LogP contribution in [0.25, 0.3) is 0 Å². The molecular weight excluding hydrogens is 368 g/mol. The van der Waals surface area contributed by atoms with Gasteiger partial charge in [0.05, 0.1) is 12.5 Å². The van der Waals surface area contributed by atoms with E-state index in [-0.39, 0.29) is 24.3 Å². The van der Waals surface area contributed by atoms with E-state index < -0.39 is 0 Å². The molecule has 1 aromatic carbocycles. The van der Waals surface area contributed by atoms with Crippen molar-refractivity contribution in [2.75, 3.05) is 39.3 Å². The van der Waals surface area contributed by atoms with Gasteiger partial charge in [0.1, 0.15) is 6.54 Å². The highest BCUT2D eigenvalue weighted by Crippen LogP contribution is 2.20. The molecule has 1 N–H and O–H groups in total. The number of carbonyl (C=O) groups excluding carboxylic acids is 2. The molecule has 3 rings (SSSR count). The third kappa shape index (κ3) is 5.49. The van der Waals surface area contributed by atoms with E-state index in [1.807, 2.05) is 24.8 Å². The Hall–Kier alpha value is -2.57. The number of ether oxygens (including phenoxy) is 1. The van der Waals surface area contributed by atoms with Crippen molar-refractivity contribution in [1.29, 1.82) is 0 Å². The molecule has 2 aliphatic rings. The fourth-order valence-electron chi connectivity index (χ4n) is 3.96. The first-order valence-corrected chi connectivity index (χ1v) is 10.7. The number of carbonyl (C=O) groups is 2.